The molecule has 1 aliphatic heterocycles. The fourth-order valence-electron chi connectivity index (χ4n) is 4.31. The number of benzene rings is 2. The van der Waals surface area contributed by atoms with E-state index in [2.05, 4.69) is 29.4 Å². The van der Waals surface area contributed by atoms with E-state index >= 15 is 0 Å². The van der Waals surface area contributed by atoms with Crippen LogP contribution in [0.4, 0.5) is 11.4 Å². The summed E-state index contributed by atoms with van der Waals surface area (Å²) in [6, 6.07) is 15.1. The minimum atomic E-state index is -0.931. The van der Waals surface area contributed by atoms with Gasteiger partial charge in [-0.1, -0.05) is 24.3 Å². The molecule has 178 valence electrons. The highest BCUT2D eigenvalue weighted by molar-refractivity contribution is 7.15. The van der Waals surface area contributed by atoms with Crippen molar-refractivity contribution in [2.45, 2.75) is 33.2 Å². The van der Waals surface area contributed by atoms with Gasteiger partial charge in [0.15, 0.2) is 5.82 Å². The fourth-order valence-corrected chi connectivity index (χ4v) is 5.52. The molecule has 0 bridgehead atoms. The van der Waals surface area contributed by atoms with Gasteiger partial charge < -0.3 is 15.2 Å². The van der Waals surface area contributed by atoms with Crippen molar-refractivity contribution in [2.24, 2.45) is 4.99 Å². The van der Waals surface area contributed by atoms with Crippen molar-refractivity contribution in [3.05, 3.63) is 81.7 Å². The number of nitrogens with one attached hydrogen (secondary N) is 1. The lowest BCUT2D eigenvalue weighted by Gasteiger charge is -2.13. The Bertz CT molecular complexity index is 1450. The predicted octanol–water partition coefficient (Wildman–Crippen LogP) is 5.37. The second kappa shape index (κ2) is 8.99. The molecule has 35 heavy (non-hydrogen) atoms. The first-order valence-electron chi connectivity index (χ1n) is 11.2. The summed E-state index contributed by atoms with van der Waals surface area (Å²) in [5.41, 5.74) is 5.56. The lowest BCUT2D eigenvalue weighted by atomic mass is 9.99. The number of aromatic nitrogens is 3. The van der Waals surface area contributed by atoms with Crippen molar-refractivity contribution in [1.29, 1.82) is 0 Å². The Morgan fingerprint density at radius 2 is 1.86 bits per heavy atom. The van der Waals surface area contributed by atoms with Gasteiger partial charge in [0.25, 0.3) is 0 Å². The second-order valence-corrected chi connectivity index (χ2v) is 9.60. The summed E-state index contributed by atoms with van der Waals surface area (Å²) in [4.78, 5) is 17.8. The zero-order chi connectivity index (χ0) is 24.7. The summed E-state index contributed by atoms with van der Waals surface area (Å²) in [5, 5.41) is 22.5. The number of carbonyl (C=O) groups is 1. The molecular formula is C26H25N5O3S. The molecule has 0 saturated carbocycles. The standard InChI is InChI=1S/C26H25N5O3S/c1-14-15(2)35-26-23(14)24(28-20(13-22(32)33)25-30-29-16(3)31(25)26)17-9-11-18(12-10-17)27-19-7-5-6-8-21(19)34-4/h5-12,20,27H,13H2,1-4H3,(H,32,33)/t20-/m0/s1. The summed E-state index contributed by atoms with van der Waals surface area (Å²) in [5.74, 6) is 1.09. The van der Waals surface area contributed by atoms with E-state index in [0.717, 1.165) is 44.5 Å². The van der Waals surface area contributed by atoms with Gasteiger partial charge in [-0.05, 0) is 50.6 Å². The van der Waals surface area contributed by atoms with Gasteiger partial charge in [0.2, 0.25) is 0 Å². The van der Waals surface area contributed by atoms with Gasteiger partial charge in [0, 0.05) is 21.7 Å². The molecule has 0 spiro atoms. The van der Waals surface area contributed by atoms with E-state index in [9.17, 15) is 9.90 Å². The predicted molar refractivity (Wildman–Crippen MR) is 137 cm³/mol. The van der Waals surface area contributed by atoms with Crippen LogP contribution in [0.3, 0.4) is 0 Å². The average Bonchev–Trinajstić information content (AvgIpc) is 3.32. The van der Waals surface area contributed by atoms with Crippen LogP contribution in [0.2, 0.25) is 0 Å². The van der Waals surface area contributed by atoms with Crippen LogP contribution in [-0.4, -0.2) is 38.7 Å². The highest BCUT2D eigenvalue weighted by Crippen LogP contribution is 2.39. The van der Waals surface area contributed by atoms with Crippen LogP contribution in [0, 0.1) is 20.8 Å². The fraction of sp³-hybridized carbons (Fsp3) is 0.231. The van der Waals surface area contributed by atoms with Crippen molar-refractivity contribution >= 4 is 34.4 Å². The molecule has 0 fully saturated rings. The van der Waals surface area contributed by atoms with E-state index in [4.69, 9.17) is 9.73 Å². The first kappa shape index (κ1) is 22.8. The number of para-hydroxylation sites is 2. The van der Waals surface area contributed by atoms with Gasteiger partial charge in [-0.2, -0.15) is 0 Å². The molecule has 4 aromatic rings. The van der Waals surface area contributed by atoms with Gasteiger partial charge in [0.05, 0.1) is 24.9 Å². The molecule has 0 saturated heterocycles. The van der Waals surface area contributed by atoms with Crippen molar-refractivity contribution in [1.82, 2.24) is 14.8 Å². The van der Waals surface area contributed by atoms with E-state index in [1.165, 1.54) is 4.88 Å². The molecule has 5 rings (SSSR count). The first-order chi connectivity index (χ1) is 16.9. The lowest BCUT2D eigenvalue weighted by molar-refractivity contribution is -0.137. The van der Waals surface area contributed by atoms with E-state index in [0.29, 0.717) is 11.6 Å². The Balaban J connectivity index is 1.60. The van der Waals surface area contributed by atoms with Gasteiger partial charge in [-0.25, -0.2) is 0 Å². The van der Waals surface area contributed by atoms with Crippen LogP contribution in [0.25, 0.3) is 5.00 Å². The molecule has 9 heteroatoms. The number of rotatable bonds is 6. The summed E-state index contributed by atoms with van der Waals surface area (Å²) in [6.07, 6.45) is -0.165. The second-order valence-electron chi connectivity index (χ2n) is 8.40. The largest absolute Gasteiger partial charge is 0.495 e. The number of thiophene rings is 1. The Morgan fingerprint density at radius 1 is 1.11 bits per heavy atom. The molecule has 3 heterocycles. The van der Waals surface area contributed by atoms with Gasteiger partial charge in [0.1, 0.15) is 22.6 Å². The monoisotopic (exact) mass is 487 g/mol. The maximum absolute atomic E-state index is 11.7. The number of carboxylic acid groups (broad SMARTS) is 1. The van der Waals surface area contributed by atoms with Crippen molar-refractivity contribution in [2.75, 3.05) is 12.4 Å². The van der Waals surface area contributed by atoms with Crippen molar-refractivity contribution < 1.29 is 14.6 Å². The topological polar surface area (TPSA) is 102 Å². The first-order valence-corrected chi connectivity index (χ1v) is 12.0. The molecule has 1 aliphatic rings. The Kier molecular flexibility index (Phi) is 5.86. The molecule has 0 unspecified atom stereocenters. The van der Waals surface area contributed by atoms with Crippen LogP contribution < -0.4 is 10.1 Å². The van der Waals surface area contributed by atoms with E-state index in [-0.39, 0.29) is 6.42 Å². The van der Waals surface area contributed by atoms with E-state index < -0.39 is 12.0 Å². The molecule has 2 aromatic heterocycles. The molecule has 2 aromatic carbocycles. The summed E-state index contributed by atoms with van der Waals surface area (Å²) < 4.78 is 7.40. The zero-order valence-corrected chi connectivity index (χ0v) is 20.7. The Labute approximate surface area is 206 Å². The third-order valence-corrected chi connectivity index (χ3v) is 7.34. The molecule has 0 radical (unpaired) electrons. The molecular weight excluding hydrogens is 462 g/mol. The number of hydrogen-bond acceptors (Lipinski definition) is 7. The maximum atomic E-state index is 11.7. The van der Waals surface area contributed by atoms with E-state index in [1.54, 1.807) is 18.4 Å². The lowest BCUT2D eigenvalue weighted by Crippen LogP contribution is -2.10. The maximum Gasteiger partial charge on any atom is 0.306 e. The number of anilines is 2. The number of ether oxygens (including phenoxy) is 1. The van der Waals surface area contributed by atoms with Crippen molar-refractivity contribution in [3.8, 4) is 10.8 Å². The number of fused-ring (bicyclic) bond motifs is 3. The quantitative estimate of drug-likeness (QED) is 0.379. The average molecular weight is 488 g/mol. The minimum Gasteiger partial charge on any atom is -0.495 e. The number of carboxylic acids is 1. The number of aliphatic carboxylic acids is 1. The van der Waals surface area contributed by atoms with E-state index in [1.807, 2.05) is 60.0 Å². The Hall–Kier alpha value is -3.98. The van der Waals surface area contributed by atoms with Crippen LogP contribution in [0.5, 0.6) is 5.75 Å². The molecule has 1 atom stereocenters. The smallest absolute Gasteiger partial charge is 0.306 e. The van der Waals surface area contributed by atoms with Gasteiger partial charge in [-0.3, -0.25) is 14.4 Å². The summed E-state index contributed by atoms with van der Waals surface area (Å²) >= 11 is 1.65. The van der Waals surface area contributed by atoms with Gasteiger partial charge >= 0.3 is 5.97 Å². The number of methoxy groups -OCH3 is 1. The third-order valence-electron chi connectivity index (χ3n) is 6.15. The highest BCUT2D eigenvalue weighted by Gasteiger charge is 2.32. The number of nitrogens with zero attached hydrogens (tertiary/aromatic N) is 4. The minimum absolute atomic E-state index is 0.165. The summed E-state index contributed by atoms with van der Waals surface area (Å²) in [6.45, 7) is 6.04. The van der Waals surface area contributed by atoms with Crippen LogP contribution in [0.15, 0.2) is 53.5 Å². The summed E-state index contributed by atoms with van der Waals surface area (Å²) in [7, 11) is 1.65. The highest BCUT2D eigenvalue weighted by atomic mass is 32.1. The zero-order valence-electron chi connectivity index (χ0n) is 19.9. The van der Waals surface area contributed by atoms with Crippen molar-refractivity contribution in [3.63, 3.8) is 0 Å². The molecule has 2 N–H and O–H groups in total. The number of hydrogen-bond donors (Lipinski definition) is 2. The SMILES string of the molecule is COc1ccccc1Nc1ccc(C2=N[C@@H](CC(=O)O)c3nnc(C)n3-c3sc(C)c(C)c32)cc1. The normalized spacial score (nSPS) is 14.5. The van der Waals surface area contributed by atoms with Crippen LogP contribution in [-0.2, 0) is 4.79 Å². The number of aryl methyl sites for hydroxylation is 2. The molecule has 0 amide bonds. The van der Waals surface area contributed by atoms with Gasteiger partial charge in [-0.15, -0.1) is 21.5 Å². The molecule has 8 nitrogen and oxygen atoms in total. The van der Waals surface area contributed by atoms with Crippen LogP contribution >= 0.6 is 11.3 Å². The molecule has 0 aliphatic carbocycles. The van der Waals surface area contributed by atoms with Crippen LogP contribution in [0.1, 0.15) is 45.7 Å². The Morgan fingerprint density at radius 3 is 2.57 bits per heavy atom. The number of aliphatic imine (C=N–C) groups is 1. The third kappa shape index (κ3) is 4.08.